The first-order valence-electron chi connectivity index (χ1n) is 12.0. The molecule has 3 heterocycles. The van der Waals surface area contributed by atoms with E-state index in [2.05, 4.69) is 10.6 Å². The molecule has 4 atom stereocenters. The maximum atomic E-state index is 15.5. The lowest BCUT2D eigenvalue weighted by molar-refractivity contribution is -0.132. The van der Waals surface area contributed by atoms with Crippen LogP contribution in [0.25, 0.3) is 0 Å². The first-order chi connectivity index (χ1) is 18.2. The predicted octanol–water partition coefficient (Wildman–Crippen LogP) is 4.48. The van der Waals surface area contributed by atoms with Crippen LogP contribution in [0, 0.1) is 11.7 Å². The van der Waals surface area contributed by atoms with Crippen molar-refractivity contribution in [1.29, 1.82) is 0 Å². The van der Waals surface area contributed by atoms with E-state index in [0.29, 0.717) is 34.9 Å². The van der Waals surface area contributed by atoms with E-state index in [1.807, 2.05) is 0 Å². The van der Waals surface area contributed by atoms with Gasteiger partial charge in [0, 0.05) is 41.3 Å². The number of nitrogens with zero attached hydrogens (tertiary/aromatic N) is 1. The van der Waals surface area contributed by atoms with Gasteiger partial charge in [-0.2, -0.15) is 0 Å². The number of anilines is 1. The summed E-state index contributed by atoms with van der Waals surface area (Å²) in [6.45, 7) is 0.615. The zero-order chi connectivity index (χ0) is 26.8. The SMILES string of the molecule is COC(=O)c1ccc(CN2C[C@H]3N[C@@]4(C(=O)Nc5cc(Cl)ccc54)[C@H](c4cccc(Cl)c4F)[C@H]3C2=O)cc1. The number of amides is 2. The molecule has 10 heteroatoms. The molecule has 38 heavy (non-hydrogen) atoms. The number of benzene rings is 3. The van der Waals surface area contributed by atoms with Gasteiger partial charge >= 0.3 is 5.97 Å². The second-order valence-electron chi connectivity index (χ2n) is 9.76. The molecule has 7 nitrogen and oxygen atoms in total. The largest absolute Gasteiger partial charge is 0.465 e. The molecule has 6 rings (SSSR count). The number of nitrogens with one attached hydrogen (secondary N) is 2. The van der Waals surface area contributed by atoms with E-state index >= 15 is 4.39 Å². The number of hydrogen-bond acceptors (Lipinski definition) is 5. The zero-order valence-corrected chi connectivity index (χ0v) is 21.6. The molecule has 3 aromatic rings. The van der Waals surface area contributed by atoms with Crippen molar-refractivity contribution in [1.82, 2.24) is 10.2 Å². The average Bonchev–Trinajstić information content (AvgIpc) is 3.49. The fourth-order valence-corrected chi connectivity index (χ4v) is 6.51. The van der Waals surface area contributed by atoms with Crippen molar-refractivity contribution in [3.8, 4) is 0 Å². The Balaban J connectivity index is 1.39. The van der Waals surface area contributed by atoms with Gasteiger partial charge in [-0.05, 0) is 41.5 Å². The van der Waals surface area contributed by atoms with Crippen LogP contribution in [0.1, 0.15) is 33.0 Å². The lowest BCUT2D eigenvalue weighted by Crippen LogP contribution is -2.51. The smallest absolute Gasteiger partial charge is 0.337 e. The van der Waals surface area contributed by atoms with Crippen LogP contribution in [-0.2, 0) is 26.4 Å². The Morgan fingerprint density at radius 3 is 2.63 bits per heavy atom. The van der Waals surface area contributed by atoms with Gasteiger partial charge < -0.3 is 15.0 Å². The number of halogens is 3. The van der Waals surface area contributed by atoms with Crippen LogP contribution < -0.4 is 10.6 Å². The Labute approximate surface area is 227 Å². The molecule has 2 N–H and O–H groups in total. The fraction of sp³-hybridized carbons (Fsp3) is 0.250. The summed E-state index contributed by atoms with van der Waals surface area (Å²) in [5.74, 6) is -3.23. The summed E-state index contributed by atoms with van der Waals surface area (Å²) in [5, 5.41) is 6.68. The molecule has 0 aliphatic carbocycles. The average molecular weight is 554 g/mol. The maximum Gasteiger partial charge on any atom is 0.337 e. The topological polar surface area (TPSA) is 87.7 Å². The quantitative estimate of drug-likeness (QED) is 0.465. The number of hydrogen-bond donors (Lipinski definition) is 2. The van der Waals surface area contributed by atoms with Crippen LogP contribution in [0.4, 0.5) is 10.1 Å². The molecule has 0 aromatic heterocycles. The summed E-state index contributed by atoms with van der Waals surface area (Å²) in [6, 6.07) is 16.1. The highest BCUT2D eigenvalue weighted by atomic mass is 35.5. The third-order valence-electron chi connectivity index (χ3n) is 7.76. The van der Waals surface area contributed by atoms with Crippen molar-refractivity contribution in [3.05, 3.63) is 98.8 Å². The van der Waals surface area contributed by atoms with E-state index in [0.717, 1.165) is 5.56 Å². The summed E-state index contributed by atoms with van der Waals surface area (Å²) in [5.41, 5.74) is 1.20. The monoisotopic (exact) mass is 553 g/mol. The number of fused-ring (bicyclic) bond motifs is 3. The summed E-state index contributed by atoms with van der Waals surface area (Å²) >= 11 is 12.3. The summed E-state index contributed by atoms with van der Waals surface area (Å²) < 4.78 is 20.3. The number of carbonyl (C=O) groups is 3. The van der Waals surface area contributed by atoms with E-state index in [1.165, 1.54) is 13.2 Å². The normalized spacial score (nSPS) is 25.5. The summed E-state index contributed by atoms with van der Waals surface area (Å²) in [7, 11) is 1.31. The van der Waals surface area contributed by atoms with Crippen LogP contribution >= 0.6 is 23.2 Å². The highest BCUT2D eigenvalue weighted by Gasteiger charge is 2.66. The Morgan fingerprint density at radius 2 is 1.89 bits per heavy atom. The van der Waals surface area contributed by atoms with Gasteiger partial charge in [-0.25, -0.2) is 9.18 Å². The fourth-order valence-electron chi connectivity index (χ4n) is 6.16. The first kappa shape index (κ1) is 24.9. The molecule has 0 bridgehead atoms. The third kappa shape index (κ3) is 3.62. The lowest BCUT2D eigenvalue weighted by atomic mass is 9.71. The van der Waals surface area contributed by atoms with Gasteiger partial charge in [0.05, 0.1) is 23.6 Å². The zero-order valence-electron chi connectivity index (χ0n) is 20.1. The van der Waals surface area contributed by atoms with Gasteiger partial charge in [0.25, 0.3) is 0 Å². The van der Waals surface area contributed by atoms with Crippen molar-refractivity contribution in [3.63, 3.8) is 0 Å². The van der Waals surface area contributed by atoms with E-state index in [4.69, 9.17) is 27.9 Å². The highest BCUT2D eigenvalue weighted by molar-refractivity contribution is 6.31. The van der Waals surface area contributed by atoms with E-state index in [-0.39, 0.29) is 22.4 Å². The van der Waals surface area contributed by atoms with Crippen LogP contribution in [0.3, 0.4) is 0 Å². The van der Waals surface area contributed by atoms with Gasteiger partial charge in [-0.1, -0.05) is 53.5 Å². The minimum absolute atomic E-state index is 0.0798. The van der Waals surface area contributed by atoms with E-state index < -0.39 is 35.2 Å². The summed E-state index contributed by atoms with van der Waals surface area (Å²) in [6.07, 6.45) is 0. The minimum atomic E-state index is -1.37. The number of rotatable bonds is 4. The molecule has 3 aliphatic heterocycles. The second-order valence-corrected chi connectivity index (χ2v) is 10.6. The third-order valence-corrected chi connectivity index (χ3v) is 8.29. The van der Waals surface area contributed by atoms with Crippen molar-refractivity contribution >= 4 is 46.7 Å². The number of methoxy groups -OCH3 is 1. The molecule has 0 radical (unpaired) electrons. The van der Waals surface area contributed by atoms with Gasteiger partial charge in [0.15, 0.2) is 0 Å². The van der Waals surface area contributed by atoms with Crippen molar-refractivity contribution in [2.75, 3.05) is 19.0 Å². The molecule has 0 saturated carbocycles. The molecular formula is C28H22Cl2FN3O4. The summed E-state index contributed by atoms with van der Waals surface area (Å²) in [4.78, 5) is 41.0. The molecule has 2 saturated heterocycles. The van der Waals surface area contributed by atoms with Crippen LogP contribution in [-0.4, -0.2) is 42.4 Å². The van der Waals surface area contributed by atoms with Gasteiger partial charge in [0.1, 0.15) is 11.4 Å². The van der Waals surface area contributed by atoms with Crippen LogP contribution in [0.2, 0.25) is 10.0 Å². The first-order valence-corrected chi connectivity index (χ1v) is 12.8. The molecule has 2 fully saturated rings. The highest BCUT2D eigenvalue weighted by Crippen LogP contribution is 2.56. The predicted molar refractivity (Wildman–Crippen MR) is 140 cm³/mol. The van der Waals surface area contributed by atoms with Gasteiger partial charge in [0.2, 0.25) is 11.8 Å². The molecule has 3 aromatic carbocycles. The molecule has 194 valence electrons. The number of ether oxygens (including phenoxy) is 1. The van der Waals surface area contributed by atoms with Crippen LogP contribution in [0.5, 0.6) is 0 Å². The number of likely N-dealkylation sites (tertiary alicyclic amines) is 1. The van der Waals surface area contributed by atoms with Crippen molar-refractivity contribution < 1.29 is 23.5 Å². The molecular weight excluding hydrogens is 532 g/mol. The van der Waals surface area contributed by atoms with E-state index in [9.17, 15) is 14.4 Å². The number of esters is 1. The molecule has 3 aliphatic rings. The molecule has 0 unspecified atom stereocenters. The second kappa shape index (κ2) is 9.08. The standard InChI is InChI=1S/C28H22Cl2FN3O4/c1-38-26(36)15-7-5-14(6-8-15)12-34-13-21-22(25(34)35)23(17-3-2-4-19(30)24(17)31)28(33-21)18-10-9-16(29)11-20(18)32-27(28)37/h2-11,21-23,33H,12-13H2,1H3,(H,32,37)/t21-,22+,23-,28-/m1/s1. The van der Waals surface area contributed by atoms with Gasteiger partial charge in [-0.3, -0.25) is 14.9 Å². The Bertz CT molecular complexity index is 1500. The van der Waals surface area contributed by atoms with Crippen molar-refractivity contribution in [2.24, 2.45) is 5.92 Å². The van der Waals surface area contributed by atoms with E-state index in [1.54, 1.807) is 59.5 Å². The lowest BCUT2D eigenvalue weighted by Gasteiger charge is -2.33. The van der Waals surface area contributed by atoms with Crippen LogP contribution in [0.15, 0.2) is 60.7 Å². The minimum Gasteiger partial charge on any atom is -0.465 e. The van der Waals surface area contributed by atoms with Crippen molar-refractivity contribution in [2.45, 2.75) is 24.0 Å². The number of carbonyl (C=O) groups excluding carboxylic acids is 3. The Morgan fingerprint density at radius 1 is 1.13 bits per heavy atom. The molecule has 1 spiro atoms. The molecule has 2 amide bonds. The maximum absolute atomic E-state index is 15.5. The Hall–Kier alpha value is -3.46. The van der Waals surface area contributed by atoms with Gasteiger partial charge in [-0.15, -0.1) is 0 Å². The Kier molecular flexibility index (Phi) is 5.94.